The molecule has 2 atom stereocenters. The topological polar surface area (TPSA) is 47.3 Å². The molecule has 0 radical (unpaired) electrons. The lowest BCUT2D eigenvalue weighted by molar-refractivity contribution is 0.239. The number of nitrogens with one attached hydrogen (secondary N) is 1. The highest BCUT2D eigenvalue weighted by atomic mass is 16.5. The first-order valence-corrected chi connectivity index (χ1v) is 6.91. The van der Waals surface area contributed by atoms with Crippen LogP contribution < -0.4 is 16.0 Å². The lowest BCUT2D eigenvalue weighted by Crippen LogP contribution is -2.42. The van der Waals surface area contributed by atoms with Crippen LogP contribution in [0, 0.1) is 5.41 Å². The van der Waals surface area contributed by atoms with Crippen LogP contribution in [0.2, 0.25) is 0 Å². The van der Waals surface area contributed by atoms with Crippen molar-refractivity contribution in [2.75, 3.05) is 6.61 Å². The van der Waals surface area contributed by atoms with Crippen molar-refractivity contribution in [3.8, 4) is 5.75 Å². The SMILES string of the molecule is CC1(C(CC2CCOc3ccccc32)NN)CC1. The fourth-order valence-corrected chi connectivity index (χ4v) is 3.04. The van der Waals surface area contributed by atoms with Gasteiger partial charge in [-0.3, -0.25) is 11.3 Å². The molecule has 0 spiro atoms. The predicted octanol–water partition coefficient (Wildman–Crippen LogP) is 2.57. The van der Waals surface area contributed by atoms with Crippen LogP contribution in [0.4, 0.5) is 0 Å². The minimum absolute atomic E-state index is 0.419. The van der Waals surface area contributed by atoms with Crippen LogP contribution in [0.5, 0.6) is 5.75 Å². The summed E-state index contributed by atoms with van der Waals surface area (Å²) < 4.78 is 5.72. The van der Waals surface area contributed by atoms with Gasteiger partial charge in [0.15, 0.2) is 0 Å². The van der Waals surface area contributed by atoms with E-state index in [1.807, 2.05) is 6.07 Å². The van der Waals surface area contributed by atoms with Gasteiger partial charge in [-0.2, -0.15) is 0 Å². The van der Waals surface area contributed by atoms with E-state index in [-0.39, 0.29) is 0 Å². The second-order valence-electron chi connectivity index (χ2n) is 5.98. The van der Waals surface area contributed by atoms with Crippen LogP contribution in [0.1, 0.15) is 44.1 Å². The summed E-state index contributed by atoms with van der Waals surface area (Å²) in [5.41, 5.74) is 4.82. The first kappa shape index (κ1) is 12.0. The van der Waals surface area contributed by atoms with Crippen LogP contribution in [0.3, 0.4) is 0 Å². The Bertz CT molecular complexity index is 428. The summed E-state index contributed by atoms with van der Waals surface area (Å²) in [5, 5.41) is 0. The van der Waals surface area contributed by atoms with E-state index in [9.17, 15) is 0 Å². The molecule has 0 bridgehead atoms. The van der Waals surface area contributed by atoms with Crippen LogP contribution in [0.15, 0.2) is 24.3 Å². The summed E-state index contributed by atoms with van der Waals surface area (Å²) in [4.78, 5) is 0. The summed E-state index contributed by atoms with van der Waals surface area (Å²) in [6, 6.07) is 8.84. The Hall–Kier alpha value is -1.06. The summed E-state index contributed by atoms with van der Waals surface area (Å²) >= 11 is 0. The maximum Gasteiger partial charge on any atom is 0.122 e. The van der Waals surface area contributed by atoms with E-state index in [1.54, 1.807) is 0 Å². The number of rotatable bonds is 4. The van der Waals surface area contributed by atoms with Crippen LogP contribution in [-0.2, 0) is 0 Å². The van der Waals surface area contributed by atoms with Crippen molar-refractivity contribution in [3.63, 3.8) is 0 Å². The molecule has 0 aromatic heterocycles. The van der Waals surface area contributed by atoms with Gasteiger partial charge in [0.2, 0.25) is 0 Å². The van der Waals surface area contributed by atoms with Crippen molar-refractivity contribution in [2.45, 2.75) is 44.6 Å². The number of para-hydroxylation sites is 1. The molecule has 1 fully saturated rings. The first-order valence-electron chi connectivity index (χ1n) is 6.91. The minimum Gasteiger partial charge on any atom is -0.493 e. The van der Waals surface area contributed by atoms with E-state index in [4.69, 9.17) is 10.6 Å². The third-order valence-corrected chi connectivity index (χ3v) is 4.68. The number of hydrogen-bond acceptors (Lipinski definition) is 3. The standard InChI is InChI=1S/C15H22N2O/c1-15(7-8-15)14(17-16)10-11-6-9-18-13-5-3-2-4-12(11)13/h2-5,11,14,17H,6-10,16H2,1H3. The smallest absolute Gasteiger partial charge is 0.122 e. The molecule has 2 aliphatic rings. The molecule has 2 unspecified atom stereocenters. The first-order chi connectivity index (χ1) is 8.73. The average molecular weight is 246 g/mol. The van der Waals surface area contributed by atoms with Crippen LogP contribution in [0.25, 0.3) is 0 Å². The Balaban J connectivity index is 1.77. The zero-order valence-electron chi connectivity index (χ0n) is 11.0. The molecule has 1 aromatic rings. The Morgan fingerprint density at radius 3 is 2.94 bits per heavy atom. The monoisotopic (exact) mass is 246 g/mol. The van der Waals surface area contributed by atoms with E-state index in [0.717, 1.165) is 25.2 Å². The summed E-state index contributed by atoms with van der Waals surface area (Å²) in [5.74, 6) is 7.39. The Morgan fingerprint density at radius 2 is 2.22 bits per heavy atom. The highest BCUT2D eigenvalue weighted by Crippen LogP contribution is 2.51. The highest BCUT2D eigenvalue weighted by Gasteiger charge is 2.45. The highest BCUT2D eigenvalue weighted by molar-refractivity contribution is 5.37. The zero-order valence-corrected chi connectivity index (χ0v) is 11.0. The lowest BCUT2D eigenvalue weighted by atomic mass is 9.83. The van der Waals surface area contributed by atoms with Gasteiger partial charge in [0.1, 0.15) is 5.75 Å². The molecule has 0 amide bonds. The third kappa shape index (κ3) is 2.13. The Kier molecular flexibility index (Phi) is 3.04. The molecular weight excluding hydrogens is 224 g/mol. The van der Waals surface area contributed by atoms with Crippen LogP contribution in [-0.4, -0.2) is 12.6 Å². The van der Waals surface area contributed by atoms with Gasteiger partial charge in [0.25, 0.3) is 0 Å². The number of hydrazine groups is 1. The number of ether oxygens (including phenoxy) is 1. The van der Waals surface area contributed by atoms with Crippen molar-refractivity contribution in [1.29, 1.82) is 0 Å². The van der Waals surface area contributed by atoms with E-state index in [2.05, 4.69) is 30.5 Å². The number of fused-ring (bicyclic) bond motifs is 1. The van der Waals surface area contributed by atoms with Crippen molar-refractivity contribution >= 4 is 0 Å². The van der Waals surface area contributed by atoms with Gasteiger partial charge in [0.05, 0.1) is 6.61 Å². The second kappa shape index (κ2) is 4.56. The molecule has 3 heteroatoms. The summed E-state index contributed by atoms with van der Waals surface area (Å²) in [7, 11) is 0. The Labute approximate surface area is 109 Å². The molecule has 0 saturated heterocycles. The van der Waals surface area contributed by atoms with E-state index < -0.39 is 0 Å². The van der Waals surface area contributed by atoms with Crippen molar-refractivity contribution in [2.24, 2.45) is 11.3 Å². The van der Waals surface area contributed by atoms with Gasteiger partial charge >= 0.3 is 0 Å². The molecule has 1 saturated carbocycles. The van der Waals surface area contributed by atoms with E-state index in [1.165, 1.54) is 18.4 Å². The van der Waals surface area contributed by atoms with Gasteiger partial charge in [-0.25, -0.2) is 0 Å². The van der Waals surface area contributed by atoms with Gasteiger partial charge in [-0.15, -0.1) is 0 Å². The molecule has 3 nitrogen and oxygen atoms in total. The molecule has 98 valence electrons. The molecule has 18 heavy (non-hydrogen) atoms. The fraction of sp³-hybridized carbons (Fsp3) is 0.600. The molecule has 1 heterocycles. The normalized spacial score (nSPS) is 26.0. The maximum atomic E-state index is 5.75. The third-order valence-electron chi connectivity index (χ3n) is 4.68. The maximum absolute atomic E-state index is 5.75. The number of hydrogen-bond donors (Lipinski definition) is 2. The van der Waals surface area contributed by atoms with Gasteiger partial charge in [-0.05, 0) is 48.6 Å². The van der Waals surface area contributed by atoms with E-state index >= 15 is 0 Å². The quantitative estimate of drug-likeness (QED) is 0.634. The van der Waals surface area contributed by atoms with Crippen molar-refractivity contribution < 1.29 is 4.74 Å². The molecule has 3 rings (SSSR count). The summed E-state index contributed by atoms with van der Waals surface area (Å²) in [6.07, 6.45) is 4.82. The summed E-state index contributed by atoms with van der Waals surface area (Å²) in [6.45, 7) is 3.17. The lowest BCUT2D eigenvalue weighted by Gasteiger charge is -2.31. The largest absolute Gasteiger partial charge is 0.493 e. The molecule has 3 N–H and O–H groups in total. The second-order valence-corrected chi connectivity index (χ2v) is 5.98. The van der Waals surface area contributed by atoms with Crippen LogP contribution >= 0.6 is 0 Å². The van der Waals surface area contributed by atoms with Gasteiger partial charge in [-0.1, -0.05) is 25.1 Å². The van der Waals surface area contributed by atoms with Crippen molar-refractivity contribution in [3.05, 3.63) is 29.8 Å². The number of benzene rings is 1. The minimum atomic E-state index is 0.419. The van der Waals surface area contributed by atoms with Gasteiger partial charge < -0.3 is 4.74 Å². The molecular formula is C15H22N2O. The molecule has 1 aromatic carbocycles. The number of nitrogens with two attached hydrogens (primary N) is 1. The average Bonchev–Trinajstić information content (AvgIpc) is 3.15. The van der Waals surface area contributed by atoms with Gasteiger partial charge in [0, 0.05) is 6.04 Å². The Morgan fingerprint density at radius 1 is 1.44 bits per heavy atom. The fourth-order valence-electron chi connectivity index (χ4n) is 3.04. The zero-order chi connectivity index (χ0) is 12.6. The molecule has 1 aliphatic carbocycles. The predicted molar refractivity (Wildman–Crippen MR) is 72.4 cm³/mol. The molecule has 1 aliphatic heterocycles. The van der Waals surface area contributed by atoms with E-state index in [0.29, 0.717) is 17.4 Å². The van der Waals surface area contributed by atoms with Crippen molar-refractivity contribution in [1.82, 2.24) is 5.43 Å².